The number of hydrogen-bond donors (Lipinski definition) is 2. The summed E-state index contributed by atoms with van der Waals surface area (Å²) in [6.45, 7) is 8.99. The minimum Gasteiger partial charge on any atom is -0.395 e. The van der Waals surface area contributed by atoms with E-state index in [0.717, 1.165) is 25.6 Å². The maximum Gasteiger partial charge on any atom is 0.0558 e. The molecule has 0 aromatic carbocycles. The summed E-state index contributed by atoms with van der Waals surface area (Å²) in [7, 11) is 0. The number of piperidine rings is 1. The fourth-order valence-electron chi connectivity index (χ4n) is 2.42. The molecule has 3 nitrogen and oxygen atoms in total. The Labute approximate surface area is 93.9 Å². The first-order valence-corrected chi connectivity index (χ1v) is 6.36. The summed E-state index contributed by atoms with van der Waals surface area (Å²) in [5, 5.41) is 12.6. The Kier molecular flexibility index (Phi) is 6.22. The lowest BCUT2D eigenvalue weighted by molar-refractivity contribution is 0.114. The SMILES string of the molecule is CCCNC1CC(CC)CN(CCO)C1. The van der Waals surface area contributed by atoms with Gasteiger partial charge in [0.05, 0.1) is 6.61 Å². The van der Waals surface area contributed by atoms with E-state index in [1.807, 2.05) is 0 Å². The molecule has 1 aliphatic heterocycles. The van der Waals surface area contributed by atoms with Crippen LogP contribution in [-0.4, -0.2) is 48.8 Å². The number of β-amino-alcohol motifs (C(OH)–C–C–N with tert-alkyl or cyclic N) is 1. The van der Waals surface area contributed by atoms with Crippen molar-refractivity contribution >= 4 is 0 Å². The highest BCUT2D eigenvalue weighted by molar-refractivity contribution is 4.82. The molecule has 0 amide bonds. The Morgan fingerprint density at radius 2 is 2.13 bits per heavy atom. The Balaban J connectivity index is 2.36. The number of hydrogen-bond acceptors (Lipinski definition) is 3. The normalized spacial score (nSPS) is 28.2. The smallest absolute Gasteiger partial charge is 0.0558 e. The maximum atomic E-state index is 8.98. The molecule has 0 spiro atoms. The predicted octanol–water partition coefficient (Wildman–Crippen LogP) is 1.08. The second kappa shape index (κ2) is 7.20. The fourth-order valence-corrected chi connectivity index (χ4v) is 2.42. The molecule has 2 unspecified atom stereocenters. The van der Waals surface area contributed by atoms with E-state index >= 15 is 0 Å². The zero-order valence-electron chi connectivity index (χ0n) is 10.2. The highest BCUT2D eigenvalue weighted by Crippen LogP contribution is 2.19. The number of nitrogens with zero attached hydrogens (tertiary/aromatic N) is 1. The number of likely N-dealkylation sites (tertiary alicyclic amines) is 1. The van der Waals surface area contributed by atoms with Crippen molar-refractivity contribution in [3.8, 4) is 0 Å². The van der Waals surface area contributed by atoms with Crippen LogP contribution in [0.3, 0.4) is 0 Å². The lowest BCUT2D eigenvalue weighted by atomic mass is 9.92. The van der Waals surface area contributed by atoms with E-state index in [1.165, 1.54) is 25.8 Å². The van der Waals surface area contributed by atoms with Crippen molar-refractivity contribution < 1.29 is 5.11 Å². The number of aliphatic hydroxyl groups excluding tert-OH is 1. The third kappa shape index (κ3) is 4.49. The molecule has 1 saturated heterocycles. The monoisotopic (exact) mass is 214 g/mol. The van der Waals surface area contributed by atoms with Crippen LogP contribution in [0.5, 0.6) is 0 Å². The number of rotatable bonds is 6. The van der Waals surface area contributed by atoms with Gasteiger partial charge in [-0.25, -0.2) is 0 Å². The van der Waals surface area contributed by atoms with Crippen LogP contribution in [0.2, 0.25) is 0 Å². The summed E-state index contributed by atoms with van der Waals surface area (Å²) in [5.74, 6) is 0.805. The topological polar surface area (TPSA) is 35.5 Å². The van der Waals surface area contributed by atoms with Gasteiger partial charge in [0, 0.05) is 25.7 Å². The molecule has 0 radical (unpaired) electrons. The molecule has 1 heterocycles. The molecule has 1 aliphatic rings. The standard InChI is InChI=1S/C12H26N2O/c1-3-5-13-12-8-11(4-2)9-14(10-12)6-7-15/h11-13,15H,3-10H2,1-2H3. The summed E-state index contributed by atoms with van der Waals surface area (Å²) in [4.78, 5) is 2.39. The highest BCUT2D eigenvalue weighted by Gasteiger charge is 2.25. The van der Waals surface area contributed by atoms with Gasteiger partial charge >= 0.3 is 0 Å². The lowest BCUT2D eigenvalue weighted by Crippen LogP contribution is -2.50. The van der Waals surface area contributed by atoms with Crippen LogP contribution in [0.15, 0.2) is 0 Å². The van der Waals surface area contributed by atoms with Crippen molar-refractivity contribution in [2.75, 3.05) is 32.8 Å². The van der Waals surface area contributed by atoms with E-state index in [4.69, 9.17) is 5.11 Å². The van der Waals surface area contributed by atoms with Gasteiger partial charge in [-0.3, -0.25) is 4.90 Å². The van der Waals surface area contributed by atoms with E-state index < -0.39 is 0 Å². The van der Waals surface area contributed by atoms with Gasteiger partial charge in [-0.2, -0.15) is 0 Å². The van der Waals surface area contributed by atoms with Gasteiger partial charge in [0.1, 0.15) is 0 Å². The lowest BCUT2D eigenvalue weighted by Gasteiger charge is -2.37. The quantitative estimate of drug-likeness (QED) is 0.694. The van der Waals surface area contributed by atoms with Gasteiger partial charge in [0.15, 0.2) is 0 Å². The first-order valence-electron chi connectivity index (χ1n) is 6.36. The van der Waals surface area contributed by atoms with E-state index in [-0.39, 0.29) is 6.61 Å². The second-order valence-electron chi connectivity index (χ2n) is 4.64. The number of aliphatic hydroxyl groups is 1. The third-order valence-electron chi connectivity index (χ3n) is 3.29. The van der Waals surface area contributed by atoms with Gasteiger partial charge in [0.25, 0.3) is 0 Å². The van der Waals surface area contributed by atoms with Crippen LogP contribution in [0, 0.1) is 5.92 Å². The molecule has 15 heavy (non-hydrogen) atoms. The summed E-state index contributed by atoms with van der Waals surface area (Å²) < 4.78 is 0. The average molecular weight is 214 g/mol. The third-order valence-corrected chi connectivity index (χ3v) is 3.29. The second-order valence-corrected chi connectivity index (χ2v) is 4.64. The molecule has 0 aromatic heterocycles. The van der Waals surface area contributed by atoms with E-state index in [9.17, 15) is 0 Å². The molecule has 0 saturated carbocycles. The van der Waals surface area contributed by atoms with E-state index in [2.05, 4.69) is 24.1 Å². The van der Waals surface area contributed by atoms with Gasteiger partial charge in [-0.05, 0) is 25.3 Å². The minimum absolute atomic E-state index is 0.289. The highest BCUT2D eigenvalue weighted by atomic mass is 16.3. The molecular weight excluding hydrogens is 188 g/mol. The predicted molar refractivity (Wildman–Crippen MR) is 64.0 cm³/mol. The van der Waals surface area contributed by atoms with Gasteiger partial charge in [-0.15, -0.1) is 0 Å². The first kappa shape index (κ1) is 12.9. The molecular formula is C12H26N2O. The van der Waals surface area contributed by atoms with Crippen molar-refractivity contribution in [1.29, 1.82) is 0 Å². The molecule has 0 bridgehead atoms. The number of nitrogens with one attached hydrogen (secondary N) is 1. The van der Waals surface area contributed by atoms with Gasteiger partial charge in [0.2, 0.25) is 0 Å². The molecule has 0 aromatic rings. The molecule has 2 atom stereocenters. The van der Waals surface area contributed by atoms with Crippen LogP contribution in [0.25, 0.3) is 0 Å². The molecule has 1 rings (SSSR count). The fraction of sp³-hybridized carbons (Fsp3) is 1.00. The first-order chi connectivity index (χ1) is 7.30. The Morgan fingerprint density at radius 1 is 1.33 bits per heavy atom. The zero-order valence-corrected chi connectivity index (χ0v) is 10.2. The van der Waals surface area contributed by atoms with E-state index in [0.29, 0.717) is 6.04 Å². The van der Waals surface area contributed by atoms with Crippen molar-refractivity contribution in [3.63, 3.8) is 0 Å². The minimum atomic E-state index is 0.289. The van der Waals surface area contributed by atoms with Crippen molar-refractivity contribution in [2.45, 2.75) is 39.2 Å². The van der Waals surface area contributed by atoms with Crippen LogP contribution >= 0.6 is 0 Å². The Bertz CT molecular complexity index is 164. The Hall–Kier alpha value is -0.120. The molecule has 0 aliphatic carbocycles. The summed E-state index contributed by atoms with van der Waals surface area (Å²) >= 11 is 0. The maximum absolute atomic E-state index is 8.98. The largest absolute Gasteiger partial charge is 0.395 e. The molecule has 2 N–H and O–H groups in total. The van der Waals surface area contributed by atoms with E-state index in [1.54, 1.807) is 0 Å². The van der Waals surface area contributed by atoms with Crippen molar-refractivity contribution in [3.05, 3.63) is 0 Å². The molecule has 3 heteroatoms. The summed E-state index contributed by atoms with van der Waals surface area (Å²) in [6.07, 6.45) is 3.76. The molecule has 1 fully saturated rings. The van der Waals surface area contributed by atoms with Crippen molar-refractivity contribution in [2.24, 2.45) is 5.92 Å². The summed E-state index contributed by atoms with van der Waals surface area (Å²) in [6, 6.07) is 0.634. The van der Waals surface area contributed by atoms with Crippen LogP contribution in [0.4, 0.5) is 0 Å². The van der Waals surface area contributed by atoms with Gasteiger partial charge < -0.3 is 10.4 Å². The van der Waals surface area contributed by atoms with Crippen LogP contribution in [-0.2, 0) is 0 Å². The Morgan fingerprint density at radius 3 is 2.73 bits per heavy atom. The van der Waals surface area contributed by atoms with Crippen molar-refractivity contribution in [1.82, 2.24) is 10.2 Å². The van der Waals surface area contributed by atoms with Crippen LogP contribution < -0.4 is 5.32 Å². The summed E-state index contributed by atoms with van der Waals surface area (Å²) in [5.41, 5.74) is 0. The van der Waals surface area contributed by atoms with Gasteiger partial charge in [-0.1, -0.05) is 20.3 Å². The zero-order chi connectivity index (χ0) is 11.1. The van der Waals surface area contributed by atoms with Crippen LogP contribution in [0.1, 0.15) is 33.1 Å². The molecule has 90 valence electrons. The average Bonchev–Trinajstić information content (AvgIpc) is 2.26.